The highest BCUT2D eigenvalue weighted by Gasteiger charge is 2.28. The molecule has 138 valence electrons. The van der Waals surface area contributed by atoms with Gasteiger partial charge in [0, 0.05) is 13.0 Å². The fraction of sp³-hybridized carbons (Fsp3) is 0.316. The molecule has 0 fully saturated rings. The van der Waals surface area contributed by atoms with Crippen LogP contribution in [0, 0.1) is 0 Å². The lowest BCUT2D eigenvalue weighted by Gasteiger charge is -2.10. The summed E-state index contributed by atoms with van der Waals surface area (Å²) in [5, 5.41) is 2.80. The fourth-order valence-electron chi connectivity index (χ4n) is 2.67. The van der Waals surface area contributed by atoms with Crippen LogP contribution in [0.3, 0.4) is 0 Å². The summed E-state index contributed by atoms with van der Waals surface area (Å²) in [5.74, 6) is 0.890. The number of ether oxygens (including phenoxy) is 2. The SMILES string of the molecule is O=C(Cc1ccc2c(c1)CCO2)NCc1ccc(OCC(F)(F)F)cc1. The maximum Gasteiger partial charge on any atom is 0.422 e. The predicted molar refractivity (Wildman–Crippen MR) is 89.2 cm³/mol. The molecule has 1 aliphatic rings. The van der Waals surface area contributed by atoms with Crippen LogP contribution in [-0.4, -0.2) is 25.3 Å². The third-order valence-corrected chi connectivity index (χ3v) is 3.93. The lowest BCUT2D eigenvalue weighted by atomic mass is 10.1. The lowest BCUT2D eigenvalue weighted by molar-refractivity contribution is -0.153. The van der Waals surface area contributed by atoms with Gasteiger partial charge in [0.1, 0.15) is 11.5 Å². The summed E-state index contributed by atoms with van der Waals surface area (Å²) >= 11 is 0. The Morgan fingerprint density at radius 1 is 1.12 bits per heavy atom. The van der Waals surface area contributed by atoms with Gasteiger partial charge in [0.15, 0.2) is 6.61 Å². The van der Waals surface area contributed by atoms with E-state index in [1.807, 2.05) is 18.2 Å². The molecule has 0 unspecified atom stereocenters. The number of amides is 1. The van der Waals surface area contributed by atoms with Crippen LogP contribution in [0.1, 0.15) is 16.7 Å². The molecule has 0 atom stereocenters. The van der Waals surface area contributed by atoms with Crippen LogP contribution >= 0.6 is 0 Å². The summed E-state index contributed by atoms with van der Waals surface area (Å²) in [4.78, 5) is 12.1. The Labute approximate surface area is 148 Å². The average Bonchev–Trinajstić information content (AvgIpc) is 3.06. The van der Waals surface area contributed by atoms with Gasteiger partial charge in [-0.25, -0.2) is 0 Å². The Morgan fingerprint density at radius 2 is 1.85 bits per heavy atom. The number of hydrogen-bond acceptors (Lipinski definition) is 3. The molecule has 0 saturated carbocycles. The summed E-state index contributed by atoms with van der Waals surface area (Å²) in [6, 6.07) is 11.9. The average molecular weight is 365 g/mol. The summed E-state index contributed by atoms with van der Waals surface area (Å²) in [6.07, 6.45) is -3.25. The van der Waals surface area contributed by atoms with Gasteiger partial charge in [-0.2, -0.15) is 13.2 Å². The van der Waals surface area contributed by atoms with E-state index < -0.39 is 12.8 Å². The van der Waals surface area contributed by atoms with Gasteiger partial charge in [-0.15, -0.1) is 0 Å². The molecule has 2 aromatic rings. The smallest absolute Gasteiger partial charge is 0.422 e. The molecule has 1 N–H and O–H groups in total. The Bertz CT molecular complexity index is 773. The number of alkyl halides is 3. The Kier molecular flexibility index (Phi) is 5.35. The summed E-state index contributed by atoms with van der Waals surface area (Å²) in [5.41, 5.74) is 2.81. The highest BCUT2D eigenvalue weighted by Crippen LogP contribution is 2.26. The van der Waals surface area contributed by atoms with Crippen molar-refractivity contribution in [3.63, 3.8) is 0 Å². The van der Waals surface area contributed by atoms with Crippen molar-refractivity contribution in [3.05, 3.63) is 59.2 Å². The highest BCUT2D eigenvalue weighted by atomic mass is 19.4. The van der Waals surface area contributed by atoms with Crippen molar-refractivity contribution in [3.8, 4) is 11.5 Å². The number of carbonyl (C=O) groups is 1. The molecule has 1 amide bonds. The number of nitrogens with one attached hydrogen (secondary N) is 1. The number of fused-ring (bicyclic) bond motifs is 1. The van der Waals surface area contributed by atoms with Crippen molar-refractivity contribution >= 4 is 5.91 Å². The zero-order valence-corrected chi connectivity index (χ0v) is 13.9. The second-order valence-corrected chi connectivity index (χ2v) is 6.04. The minimum Gasteiger partial charge on any atom is -0.493 e. The molecule has 0 aliphatic carbocycles. The molecular formula is C19H18F3NO3. The molecule has 0 spiro atoms. The molecule has 1 heterocycles. The van der Waals surface area contributed by atoms with Gasteiger partial charge in [0.25, 0.3) is 0 Å². The first-order valence-corrected chi connectivity index (χ1v) is 8.19. The standard InChI is InChI=1S/C19H18F3NO3/c20-19(21,22)12-26-16-4-1-13(2-5-16)11-23-18(24)10-14-3-6-17-15(9-14)7-8-25-17/h1-6,9H,7-8,10-12H2,(H,23,24). The summed E-state index contributed by atoms with van der Waals surface area (Å²) < 4.78 is 46.4. The van der Waals surface area contributed by atoms with Gasteiger partial charge >= 0.3 is 6.18 Å². The largest absolute Gasteiger partial charge is 0.493 e. The molecular weight excluding hydrogens is 347 g/mol. The monoisotopic (exact) mass is 365 g/mol. The number of halogens is 3. The Balaban J connectivity index is 1.47. The van der Waals surface area contributed by atoms with Crippen LogP contribution in [0.4, 0.5) is 13.2 Å². The van der Waals surface area contributed by atoms with Crippen molar-refractivity contribution < 1.29 is 27.4 Å². The van der Waals surface area contributed by atoms with Crippen molar-refractivity contribution in [1.82, 2.24) is 5.32 Å². The van der Waals surface area contributed by atoms with Gasteiger partial charge in [-0.05, 0) is 34.9 Å². The van der Waals surface area contributed by atoms with Crippen molar-refractivity contribution in [1.29, 1.82) is 0 Å². The number of carbonyl (C=O) groups excluding carboxylic acids is 1. The third kappa shape index (κ3) is 5.15. The van der Waals surface area contributed by atoms with Crippen molar-refractivity contribution in [2.75, 3.05) is 13.2 Å². The fourth-order valence-corrected chi connectivity index (χ4v) is 2.67. The van der Waals surface area contributed by atoms with Gasteiger partial charge in [0.05, 0.1) is 13.0 Å². The second kappa shape index (κ2) is 7.68. The van der Waals surface area contributed by atoms with Crippen LogP contribution in [-0.2, 0) is 24.2 Å². The van der Waals surface area contributed by atoms with Crippen LogP contribution in [0.25, 0.3) is 0 Å². The minimum atomic E-state index is -4.36. The van der Waals surface area contributed by atoms with E-state index in [1.54, 1.807) is 12.1 Å². The third-order valence-electron chi connectivity index (χ3n) is 3.93. The topological polar surface area (TPSA) is 47.6 Å². The maximum atomic E-state index is 12.1. The zero-order chi connectivity index (χ0) is 18.6. The number of hydrogen-bond donors (Lipinski definition) is 1. The van der Waals surface area contributed by atoms with E-state index in [9.17, 15) is 18.0 Å². The van der Waals surface area contributed by atoms with E-state index in [0.717, 1.165) is 28.9 Å². The normalized spacial score (nSPS) is 13.0. The van der Waals surface area contributed by atoms with Crippen LogP contribution < -0.4 is 14.8 Å². The Hall–Kier alpha value is -2.70. The van der Waals surface area contributed by atoms with Gasteiger partial charge < -0.3 is 14.8 Å². The van der Waals surface area contributed by atoms with Crippen LogP contribution in [0.5, 0.6) is 11.5 Å². The molecule has 26 heavy (non-hydrogen) atoms. The first kappa shape index (κ1) is 18.1. The van der Waals surface area contributed by atoms with E-state index in [-0.39, 0.29) is 18.1 Å². The molecule has 0 aromatic heterocycles. The molecule has 0 saturated heterocycles. The lowest BCUT2D eigenvalue weighted by Crippen LogP contribution is -2.24. The predicted octanol–water partition coefficient (Wildman–Crippen LogP) is 3.42. The van der Waals surface area contributed by atoms with E-state index >= 15 is 0 Å². The molecule has 2 aromatic carbocycles. The molecule has 4 nitrogen and oxygen atoms in total. The van der Waals surface area contributed by atoms with Crippen molar-refractivity contribution in [2.45, 2.75) is 25.6 Å². The molecule has 0 radical (unpaired) electrons. The highest BCUT2D eigenvalue weighted by molar-refractivity contribution is 5.78. The summed E-state index contributed by atoms with van der Waals surface area (Å²) in [6.45, 7) is -0.352. The van der Waals surface area contributed by atoms with Gasteiger partial charge in [0.2, 0.25) is 5.91 Å². The quantitative estimate of drug-likeness (QED) is 0.853. The summed E-state index contributed by atoms with van der Waals surface area (Å²) in [7, 11) is 0. The molecule has 7 heteroatoms. The van der Waals surface area contributed by atoms with E-state index in [0.29, 0.717) is 13.2 Å². The van der Waals surface area contributed by atoms with E-state index in [2.05, 4.69) is 10.1 Å². The number of rotatable bonds is 6. The van der Waals surface area contributed by atoms with E-state index in [1.165, 1.54) is 12.1 Å². The molecule has 1 aliphatic heterocycles. The van der Waals surface area contributed by atoms with Crippen LogP contribution in [0.15, 0.2) is 42.5 Å². The first-order chi connectivity index (χ1) is 12.4. The van der Waals surface area contributed by atoms with E-state index in [4.69, 9.17) is 4.74 Å². The second-order valence-electron chi connectivity index (χ2n) is 6.04. The first-order valence-electron chi connectivity index (χ1n) is 8.19. The number of benzene rings is 2. The van der Waals surface area contributed by atoms with Crippen molar-refractivity contribution in [2.24, 2.45) is 0 Å². The van der Waals surface area contributed by atoms with Gasteiger partial charge in [-0.3, -0.25) is 4.79 Å². The minimum absolute atomic E-state index is 0.124. The molecule has 0 bridgehead atoms. The van der Waals surface area contributed by atoms with Gasteiger partial charge in [-0.1, -0.05) is 24.3 Å². The molecule has 3 rings (SSSR count). The maximum absolute atomic E-state index is 12.1. The zero-order valence-electron chi connectivity index (χ0n) is 13.9. The Morgan fingerprint density at radius 3 is 2.58 bits per heavy atom. The van der Waals surface area contributed by atoms with Crippen LogP contribution in [0.2, 0.25) is 0 Å².